The van der Waals surface area contributed by atoms with Gasteiger partial charge in [-0.15, -0.1) is 0 Å². The summed E-state index contributed by atoms with van der Waals surface area (Å²) in [5.41, 5.74) is 2.01. The average molecular weight is 367 g/mol. The number of phenolic OH excluding ortho intramolecular Hbond substituents is 1. The maximum atomic E-state index is 12.3. The highest BCUT2D eigenvalue weighted by Gasteiger charge is 2.33. The smallest absolute Gasteiger partial charge is 0.264 e. The van der Waals surface area contributed by atoms with E-state index in [1.807, 2.05) is 13.0 Å². The van der Waals surface area contributed by atoms with E-state index in [0.717, 1.165) is 16.8 Å². The van der Waals surface area contributed by atoms with E-state index >= 15 is 0 Å². The van der Waals surface area contributed by atoms with Crippen LogP contribution in [0.25, 0.3) is 5.82 Å². The largest absolute Gasteiger partial charge is 0.504 e. The van der Waals surface area contributed by atoms with E-state index in [-0.39, 0.29) is 29.6 Å². The minimum Gasteiger partial charge on any atom is -0.504 e. The van der Waals surface area contributed by atoms with E-state index in [0.29, 0.717) is 17.4 Å². The van der Waals surface area contributed by atoms with Crippen LogP contribution in [0, 0.1) is 6.92 Å². The number of ether oxygens (including phenoxy) is 1. The monoisotopic (exact) mass is 367 g/mol. The molecule has 9 nitrogen and oxygen atoms in total. The summed E-state index contributed by atoms with van der Waals surface area (Å²) in [6, 6.07) is 7.96. The second-order valence-corrected chi connectivity index (χ2v) is 6.28. The summed E-state index contributed by atoms with van der Waals surface area (Å²) in [5, 5.41) is 23.8. The third-order valence-electron chi connectivity index (χ3n) is 4.59. The van der Waals surface area contributed by atoms with Gasteiger partial charge in [0.15, 0.2) is 17.3 Å². The van der Waals surface area contributed by atoms with E-state index in [1.54, 1.807) is 12.1 Å². The third-order valence-corrected chi connectivity index (χ3v) is 4.59. The number of H-pyrrole nitrogens is 1. The lowest BCUT2D eigenvalue weighted by Gasteiger charge is -2.24. The molecule has 3 aromatic rings. The van der Waals surface area contributed by atoms with Crippen molar-refractivity contribution in [2.75, 3.05) is 12.4 Å². The number of benzene rings is 1. The SMILES string of the molecule is COc1ccc([C@H]2CC(=O)Nc3c2c(C)nn3-c2ccc(=O)[nH]n2)cc1O. The summed E-state index contributed by atoms with van der Waals surface area (Å²) in [6.07, 6.45) is 0.227. The second kappa shape index (κ2) is 6.27. The highest BCUT2D eigenvalue weighted by molar-refractivity contribution is 5.95. The van der Waals surface area contributed by atoms with Crippen LogP contribution in [0.1, 0.15) is 29.2 Å². The number of anilines is 1. The molecule has 0 aliphatic carbocycles. The number of nitrogens with one attached hydrogen (secondary N) is 2. The minimum absolute atomic E-state index is 0.00915. The number of methoxy groups -OCH3 is 1. The lowest BCUT2D eigenvalue weighted by molar-refractivity contribution is -0.116. The number of aromatic amines is 1. The highest BCUT2D eigenvalue weighted by Crippen LogP contribution is 2.41. The van der Waals surface area contributed by atoms with E-state index in [2.05, 4.69) is 20.6 Å². The third kappa shape index (κ3) is 2.82. The first kappa shape index (κ1) is 16.8. The molecule has 1 amide bonds. The number of amides is 1. The fourth-order valence-corrected chi connectivity index (χ4v) is 3.38. The van der Waals surface area contributed by atoms with Gasteiger partial charge in [-0.1, -0.05) is 6.07 Å². The Balaban J connectivity index is 1.85. The summed E-state index contributed by atoms with van der Waals surface area (Å²) < 4.78 is 6.58. The molecule has 3 heterocycles. The average Bonchev–Trinajstić information content (AvgIpc) is 2.98. The van der Waals surface area contributed by atoms with Crippen molar-refractivity contribution < 1.29 is 14.6 Å². The van der Waals surface area contributed by atoms with Gasteiger partial charge < -0.3 is 15.2 Å². The molecule has 1 aliphatic heterocycles. The van der Waals surface area contributed by atoms with E-state index < -0.39 is 0 Å². The van der Waals surface area contributed by atoms with Crippen LogP contribution in [0.15, 0.2) is 35.1 Å². The number of fused-ring (bicyclic) bond motifs is 1. The Kier molecular flexibility index (Phi) is 3.91. The van der Waals surface area contributed by atoms with Crippen molar-refractivity contribution in [2.24, 2.45) is 0 Å². The fourth-order valence-electron chi connectivity index (χ4n) is 3.38. The molecule has 0 unspecified atom stereocenters. The van der Waals surface area contributed by atoms with Crippen molar-refractivity contribution in [2.45, 2.75) is 19.3 Å². The summed E-state index contributed by atoms with van der Waals surface area (Å²) in [6.45, 7) is 1.84. The van der Waals surface area contributed by atoms with Gasteiger partial charge in [0.1, 0.15) is 5.82 Å². The fraction of sp³-hybridized carbons (Fsp3) is 0.222. The van der Waals surface area contributed by atoms with Crippen LogP contribution in [0.3, 0.4) is 0 Å². The summed E-state index contributed by atoms with van der Waals surface area (Å²) >= 11 is 0. The molecule has 0 fully saturated rings. The number of aryl methyl sites for hydroxylation is 1. The maximum Gasteiger partial charge on any atom is 0.264 e. The number of hydrogen-bond acceptors (Lipinski definition) is 6. The van der Waals surface area contributed by atoms with Gasteiger partial charge in [-0.3, -0.25) is 9.59 Å². The van der Waals surface area contributed by atoms with Gasteiger partial charge in [-0.05, 0) is 30.7 Å². The number of rotatable bonds is 3. The molecule has 0 saturated carbocycles. The minimum atomic E-state index is -0.327. The second-order valence-electron chi connectivity index (χ2n) is 6.28. The van der Waals surface area contributed by atoms with Gasteiger partial charge in [0.05, 0.1) is 12.8 Å². The van der Waals surface area contributed by atoms with E-state index in [9.17, 15) is 14.7 Å². The molecule has 0 radical (unpaired) electrons. The van der Waals surface area contributed by atoms with Gasteiger partial charge in [0, 0.05) is 24.0 Å². The lowest BCUT2D eigenvalue weighted by Crippen LogP contribution is -2.25. The molecule has 9 heteroatoms. The standard InChI is InChI=1S/C18H17N5O4/c1-9-17-11(10-3-4-13(27-2)12(24)7-10)8-16(26)19-18(17)23(22-9)14-5-6-15(25)21-20-14/h3-7,11,24H,8H2,1-2H3,(H,19,26)(H,21,25)/t11-/m1/s1. The number of carbonyl (C=O) groups excluding carboxylic acids is 1. The zero-order chi connectivity index (χ0) is 19.1. The number of aromatic nitrogens is 4. The first-order chi connectivity index (χ1) is 13.0. The Hall–Kier alpha value is -3.62. The van der Waals surface area contributed by atoms with Crippen molar-refractivity contribution >= 4 is 11.7 Å². The van der Waals surface area contributed by atoms with Crippen LogP contribution in [0.2, 0.25) is 0 Å². The van der Waals surface area contributed by atoms with Crippen molar-refractivity contribution in [1.82, 2.24) is 20.0 Å². The summed E-state index contributed by atoms with van der Waals surface area (Å²) in [7, 11) is 1.48. The van der Waals surface area contributed by atoms with Gasteiger partial charge >= 0.3 is 0 Å². The van der Waals surface area contributed by atoms with Crippen LogP contribution in [0.5, 0.6) is 11.5 Å². The molecule has 3 N–H and O–H groups in total. The van der Waals surface area contributed by atoms with Crippen molar-refractivity contribution in [3.8, 4) is 17.3 Å². The van der Waals surface area contributed by atoms with Crippen LogP contribution in [-0.4, -0.2) is 38.1 Å². The van der Waals surface area contributed by atoms with Crippen LogP contribution in [0.4, 0.5) is 5.82 Å². The van der Waals surface area contributed by atoms with Crippen LogP contribution < -0.4 is 15.6 Å². The molecular formula is C18H17N5O4. The molecule has 2 aromatic heterocycles. The Morgan fingerprint density at radius 1 is 1.26 bits per heavy atom. The topological polar surface area (TPSA) is 122 Å². The molecule has 27 heavy (non-hydrogen) atoms. The number of aromatic hydroxyl groups is 1. The van der Waals surface area contributed by atoms with Crippen molar-refractivity contribution in [3.05, 3.63) is 57.5 Å². The Labute approximate surface area is 153 Å². The van der Waals surface area contributed by atoms with Crippen LogP contribution >= 0.6 is 0 Å². The van der Waals surface area contributed by atoms with Crippen LogP contribution in [-0.2, 0) is 4.79 Å². The molecule has 1 aliphatic rings. The van der Waals surface area contributed by atoms with Crippen molar-refractivity contribution in [3.63, 3.8) is 0 Å². The molecule has 0 spiro atoms. The predicted octanol–water partition coefficient (Wildman–Crippen LogP) is 1.45. The molecule has 1 aromatic carbocycles. The van der Waals surface area contributed by atoms with E-state index in [4.69, 9.17) is 4.74 Å². The zero-order valence-electron chi connectivity index (χ0n) is 14.7. The number of hydrogen-bond donors (Lipinski definition) is 3. The molecule has 138 valence electrons. The molecule has 0 saturated heterocycles. The number of nitrogens with zero attached hydrogens (tertiary/aromatic N) is 3. The highest BCUT2D eigenvalue weighted by atomic mass is 16.5. The van der Waals surface area contributed by atoms with E-state index in [1.165, 1.54) is 23.9 Å². The predicted molar refractivity (Wildman–Crippen MR) is 96.5 cm³/mol. The Morgan fingerprint density at radius 3 is 2.74 bits per heavy atom. The quantitative estimate of drug-likeness (QED) is 0.644. The zero-order valence-corrected chi connectivity index (χ0v) is 14.7. The molecule has 1 atom stereocenters. The number of phenols is 1. The number of carbonyl (C=O) groups is 1. The van der Waals surface area contributed by atoms with Gasteiger partial charge in [0.2, 0.25) is 5.91 Å². The molecule has 4 rings (SSSR count). The van der Waals surface area contributed by atoms with Crippen molar-refractivity contribution in [1.29, 1.82) is 0 Å². The summed E-state index contributed by atoms with van der Waals surface area (Å²) in [5.74, 6) is 0.815. The maximum absolute atomic E-state index is 12.3. The molecule has 0 bridgehead atoms. The first-order valence-electron chi connectivity index (χ1n) is 8.30. The van der Waals surface area contributed by atoms with Gasteiger partial charge in [0.25, 0.3) is 5.56 Å². The van der Waals surface area contributed by atoms with Gasteiger partial charge in [-0.2, -0.15) is 14.9 Å². The summed E-state index contributed by atoms with van der Waals surface area (Å²) in [4.78, 5) is 23.6. The lowest BCUT2D eigenvalue weighted by atomic mass is 9.85. The Morgan fingerprint density at radius 2 is 2.07 bits per heavy atom. The normalized spacial score (nSPS) is 15.9. The molecular weight excluding hydrogens is 350 g/mol. The Bertz CT molecular complexity index is 1080. The van der Waals surface area contributed by atoms with Gasteiger partial charge in [-0.25, -0.2) is 5.10 Å². The first-order valence-corrected chi connectivity index (χ1v) is 8.30.